The van der Waals surface area contributed by atoms with Crippen LogP contribution in [-0.2, 0) is 6.54 Å². The summed E-state index contributed by atoms with van der Waals surface area (Å²) in [6, 6.07) is 11.2. The molecular formula is C18H17BrClN3O2. The lowest BCUT2D eigenvalue weighted by molar-refractivity contribution is 0.165. The van der Waals surface area contributed by atoms with Crippen LogP contribution in [0.15, 0.2) is 52.0 Å². The average Bonchev–Trinajstić information content (AvgIpc) is 2.59. The van der Waals surface area contributed by atoms with Crippen molar-refractivity contribution in [3.05, 3.63) is 68.1 Å². The minimum absolute atomic E-state index is 0.147. The van der Waals surface area contributed by atoms with Crippen LogP contribution in [0.3, 0.4) is 0 Å². The van der Waals surface area contributed by atoms with E-state index >= 15 is 0 Å². The lowest BCUT2D eigenvalue weighted by atomic mass is 10.2. The monoisotopic (exact) mass is 421 g/mol. The number of aryl methyl sites for hydroxylation is 1. The van der Waals surface area contributed by atoms with Crippen LogP contribution < -0.4 is 10.9 Å². The van der Waals surface area contributed by atoms with Gasteiger partial charge in [0.25, 0.3) is 5.56 Å². The number of aliphatic hydroxyl groups is 1. The van der Waals surface area contributed by atoms with Gasteiger partial charge in [-0.2, -0.15) is 0 Å². The lowest BCUT2D eigenvalue weighted by Gasteiger charge is -2.15. The molecule has 3 aromatic rings. The van der Waals surface area contributed by atoms with Crippen LogP contribution in [0.2, 0.25) is 5.02 Å². The van der Waals surface area contributed by atoms with Gasteiger partial charge in [-0.05, 0) is 47.1 Å². The Morgan fingerprint density at radius 2 is 2.04 bits per heavy atom. The Kier molecular flexibility index (Phi) is 5.42. The maximum absolute atomic E-state index is 12.6. The second-order valence-corrected chi connectivity index (χ2v) is 7.15. The van der Waals surface area contributed by atoms with Crippen molar-refractivity contribution in [1.82, 2.24) is 9.55 Å². The molecule has 1 atom stereocenters. The second-order valence-electron chi connectivity index (χ2n) is 5.89. The van der Waals surface area contributed by atoms with Gasteiger partial charge in [-0.15, -0.1) is 0 Å². The molecule has 1 heterocycles. The molecular weight excluding hydrogens is 406 g/mol. The molecule has 0 amide bonds. The van der Waals surface area contributed by atoms with Crippen molar-refractivity contribution in [3.8, 4) is 0 Å². The Morgan fingerprint density at radius 3 is 2.76 bits per heavy atom. The SMILES string of the molecule is Cc1ccc(NCC(O)Cn2cnc3cc(Br)c(Cl)cc3c2=O)cc1. The number of hydrogen-bond acceptors (Lipinski definition) is 4. The highest BCUT2D eigenvalue weighted by atomic mass is 79.9. The van der Waals surface area contributed by atoms with Crippen LogP contribution in [-0.4, -0.2) is 27.3 Å². The van der Waals surface area contributed by atoms with E-state index in [2.05, 4.69) is 26.2 Å². The van der Waals surface area contributed by atoms with E-state index in [-0.39, 0.29) is 12.1 Å². The summed E-state index contributed by atoms with van der Waals surface area (Å²) in [5, 5.41) is 14.3. The largest absolute Gasteiger partial charge is 0.389 e. The van der Waals surface area contributed by atoms with Crippen LogP contribution in [0, 0.1) is 6.92 Å². The summed E-state index contributed by atoms with van der Waals surface area (Å²) in [5.74, 6) is 0. The van der Waals surface area contributed by atoms with E-state index in [9.17, 15) is 9.90 Å². The fourth-order valence-corrected chi connectivity index (χ4v) is 2.98. The van der Waals surface area contributed by atoms with E-state index in [1.807, 2.05) is 31.2 Å². The third-order valence-corrected chi connectivity index (χ3v) is 5.06. The Bertz CT molecular complexity index is 957. The van der Waals surface area contributed by atoms with E-state index in [1.54, 1.807) is 12.1 Å². The number of halogens is 2. The first-order valence-electron chi connectivity index (χ1n) is 7.77. The van der Waals surface area contributed by atoms with Gasteiger partial charge in [0.2, 0.25) is 0 Å². The molecule has 1 unspecified atom stereocenters. The molecule has 0 saturated heterocycles. The Morgan fingerprint density at radius 1 is 1.32 bits per heavy atom. The molecule has 1 aromatic heterocycles. The molecule has 0 fully saturated rings. The summed E-state index contributed by atoms with van der Waals surface area (Å²) >= 11 is 9.38. The zero-order valence-electron chi connectivity index (χ0n) is 13.5. The van der Waals surface area contributed by atoms with Gasteiger partial charge in [-0.1, -0.05) is 29.3 Å². The standard InChI is InChI=1S/C18H17BrClN3O2/c1-11-2-4-12(5-3-11)21-8-13(24)9-23-10-22-17-7-15(19)16(20)6-14(17)18(23)25/h2-7,10,13,21,24H,8-9H2,1H3. The zero-order valence-corrected chi connectivity index (χ0v) is 15.9. The van der Waals surface area contributed by atoms with Gasteiger partial charge in [0.05, 0.1) is 34.9 Å². The molecule has 2 aromatic carbocycles. The van der Waals surface area contributed by atoms with Crippen LogP contribution in [0.4, 0.5) is 5.69 Å². The highest BCUT2D eigenvalue weighted by molar-refractivity contribution is 9.10. The van der Waals surface area contributed by atoms with Gasteiger partial charge >= 0.3 is 0 Å². The molecule has 0 saturated carbocycles. The molecule has 0 aliphatic rings. The summed E-state index contributed by atoms with van der Waals surface area (Å²) in [6.45, 7) is 2.49. The molecule has 5 nitrogen and oxygen atoms in total. The molecule has 0 radical (unpaired) electrons. The molecule has 3 rings (SSSR count). The van der Waals surface area contributed by atoms with E-state index in [0.29, 0.717) is 26.9 Å². The lowest BCUT2D eigenvalue weighted by Crippen LogP contribution is -2.31. The first-order valence-corrected chi connectivity index (χ1v) is 8.94. The van der Waals surface area contributed by atoms with Gasteiger partial charge in [0.1, 0.15) is 0 Å². The van der Waals surface area contributed by atoms with Crippen molar-refractivity contribution in [1.29, 1.82) is 0 Å². The minimum Gasteiger partial charge on any atom is -0.389 e. The second kappa shape index (κ2) is 7.56. The summed E-state index contributed by atoms with van der Waals surface area (Å²) in [5.41, 5.74) is 2.43. The smallest absolute Gasteiger partial charge is 0.261 e. The summed E-state index contributed by atoms with van der Waals surface area (Å²) in [6.07, 6.45) is 0.712. The van der Waals surface area contributed by atoms with Gasteiger partial charge in [-0.25, -0.2) is 4.98 Å². The fourth-order valence-electron chi connectivity index (χ4n) is 2.48. The topological polar surface area (TPSA) is 67.2 Å². The number of aliphatic hydroxyl groups excluding tert-OH is 1. The quantitative estimate of drug-likeness (QED) is 0.659. The predicted octanol–water partition coefficient (Wildman–Crippen LogP) is 3.59. The van der Waals surface area contributed by atoms with Crippen molar-refractivity contribution in [2.45, 2.75) is 19.6 Å². The summed E-state index contributed by atoms with van der Waals surface area (Å²) in [7, 11) is 0. The number of hydrogen-bond donors (Lipinski definition) is 2. The van der Waals surface area contributed by atoms with Gasteiger partial charge < -0.3 is 10.4 Å². The van der Waals surface area contributed by atoms with Crippen LogP contribution in [0.5, 0.6) is 0 Å². The van der Waals surface area contributed by atoms with E-state index in [4.69, 9.17) is 11.6 Å². The third-order valence-electron chi connectivity index (χ3n) is 3.87. The van der Waals surface area contributed by atoms with Gasteiger partial charge in [0.15, 0.2) is 0 Å². The van der Waals surface area contributed by atoms with Gasteiger partial charge in [-0.3, -0.25) is 9.36 Å². The molecule has 2 N–H and O–H groups in total. The first-order chi connectivity index (χ1) is 11.9. The van der Waals surface area contributed by atoms with Crippen molar-refractivity contribution >= 4 is 44.1 Å². The van der Waals surface area contributed by atoms with E-state index in [0.717, 1.165) is 5.69 Å². The summed E-state index contributed by atoms with van der Waals surface area (Å²) in [4.78, 5) is 16.8. The summed E-state index contributed by atoms with van der Waals surface area (Å²) < 4.78 is 2.09. The molecule has 0 aliphatic carbocycles. The van der Waals surface area contributed by atoms with Crippen molar-refractivity contribution in [2.24, 2.45) is 0 Å². The van der Waals surface area contributed by atoms with Crippen molar-refractivity contribution in [3.63, 3.8) is 0 Å². The van der Waals surface area contributed by atoms with Crippen LogP contribution in [0.1, 0.15) is 5.56 Å². The maximum atomic E-state index is 12.6. The van der Waals surface area contributed by atoms with Crippen molar-refractivity contribution in [2.75, 3.05) is 11.9 Å². The Balaban J connectivity index is 1.73. The fraction of sp³-hybridized carbons (Fsp3) is 0.222. The zero-order chi connectivity index (χ0) is 18.0. The molecule has 0 aliphatic heterocycles. The highest BCUT2D eigenvalue weighted by Crippen LogP contribution is 2.25. The number of aromatic nitrogens is 2. The predicted molar refractivity (Wildman–Crippen MR) is 104 cm³/mol. The number of anilines is 1. The number of fused-ring (bicyclic) bond motifs is 1. The highest BCUT2D eigenvalue weighted by Gasteiger charge is 2.11. The van der Waals surface area contributed by atoms with Crippen molar-refractivity contribution < 1.29 is 5.11 Å². The first kappa shape index (κ1) is 17.9. The van der Waals surface area contributed by atoms with E-state index in [1.165, 1.54) is 16.5 Å². The third kappa shape index (κ3) is 4.21. The Hall–Kier alpha value is -1.89. The minimum atomic E-state index is -0.732. The number of nitrogens with zero attached hydrogens (tertiary/aromatic N) is 2. The van der Waals surface area contributed by atoms with Gasteiger partial charge in [0, 0.05) is 16.7 Å². The number of nitrogens with one attached hydrogen (secondary N) is 1. The normalized spacial score (nSPS) is 12.3. The van der Waals surface area contributed by atoms with Crippen LogP contribution >= 0.6 is 27.5 Å². The maximum Gasteiger partial charge on any atom is 0.261 e. The Labute approximate surface area is 158 Å². The van der Waals surface area contributed by atoms with Crippen LogP contribution in [0.25, 0.3) is 10.9 Å². The van der Waals surface area contributed by atoms with E-state index < -0.39 is 6.10 Å². The molecule has 130 valence electrons. The molecule has 0 spiro atoms. The molecule has 7 heteroatoms. The molecule has 25 heavy (non-hydrogen) atoms. The number of benzene rings is 2. The average molecular weight is 423 g/mol. The number of rotatable bonds is 5. The molecule has 0 bridgehead atoms.